The Kier molecular flexibility index (Phi) is 2.10. The number of anilines is 1. The van der Waals surface area contributed by atoms with E-state index in [2.05, 4.69) is 28.2 Å². The van der Waals surface area contributed by atoms with Crippen LogP contribution in [0.5, 0.6) is 0 Å². The highest BCUT2D eigenvalue weighted by Gasteiger charge is 2.26. The zero-order valence-corrected chi connectivity index (χ0v) is 8.93. The molecular formula is C13H13N3. The van der Waals surface area contributed by atoms with Gasteiger partial charge in [0.2, 0.25) is 0 Å². The van der Waals surface area contributed by atoms with Crippen molar-refractivity contribution < 1.29 is 0 Å². The molecule has 0 radical (unpaired) electrons. The highest BCUT2D eigenvalue weighted by molar-refractivity contribution is 5.62. The van der Waals surface area contributed by atoms with Crippen molar-refractivity contribution in [3.8, 4) is 11.4 Å². The van der Waals surface area contributed by atoms with Crippen LogP contribution in [0, 0.1) is 0 Å². The van der Waals surface area contributed by atoms with Crippen LogP contribution < -0.4 is 5.73 Å². The van der Waals surface area contributed by atoms with E-state index in [0.717, 1.165) is 11.4 Å². The maximum Gasteiger partial charge on any atom is 0.159 e. The summed E-state index contributed by atoms with van der Waals surface area (Å²) < 4.78 is 0. The van der Waals surface area contributed by atoms with Gasteiger partial charge in [0.1, 0.15) is 0 Å². The normalized spacial score (nSPS) is 15.0. The summed E-state index contributed by atoms with van der Waals surface area (Å²) in [6.07, 6.45) is 5.88. The summed E-state index contributed by atoms with van der Waals surface area (Å²) in [5.74, 6) is 1.48. The first-order valence-corrected chi connectivity index (χ1v) is 5.51. The number of hydrogen-bond donors (Lipinski definition) is 1. The molecule has 0 saturated heterocycles. The van der Waals surface area contributed by atoms with E-state index in [4.69, 9.17) is 5.73 Å². The molecule has 0 bridgehead atoms. The SMILES string of the molecule is Nc1cnc(-c2ccccc2C2CC2)nc1. The molecule has 1 fully saturated rings. The smallest absolute Gasteiger partial charge is 0.159 e. The third-order valence-electron chi connectivity index (χ3n) is 2.89. The van der Waals surface area contributed by atoms with Crippen LogP contribution in [0.25, 0.3) is 11.4 Å². The highest BCUT2D eigenvalue weighted by atomic mass is 14.9. The first kappa shape index (κ1) is 9.33. The topological polar surface area (TPSA) is 51.8 Å². The fourth-order valence-corrected chi connectivity index (χ4v) is 1.93. The molecular weight excluding hydrogens is 198 g/mol. The van der Waals surface area contributed by atoms with Gasteiger partial charge in [-0.2, -0.15) is 0 Å². The lowest BCUT2D eigenvalue weighted by Gasteiger charge is -2.06. The predicted molar refractivity (Wildman–Crippen MR) is 63.9 cm³/mol. The average molecular weight is 211 g/mol. The Balaban J connectivity index is 2.08. The fourth-order valence-electron chi connectivity index (χ4n) is 1.93. The molecule has 0 unspecified atom stereocenters. The van der Waals surface area contributed by atoms with Crippen LogP contribution in [0.4, 0.5) is 5.69 Å². The third-order valence-corrected chi connectivity index (χ3v) is 2.89. The molecule has 0 aliphatic heterocycles. The molecule has 0 atom stereocenters. The van der Waals surface area contributed by atoms with Crippen LogP contribution in [-0.2, 0) is 0 Å². The molecule has 0 amide bonds. The number of rotatable bonds is 2. The average Bonchev–Trinajstić information content (AvgIpc) is 3.14. The van der Waals surface area contributed by atoms with E-state index in [9.17, 15) is 0 Å². The maximum absolute atomic E-state index is 5.59. The summed E-state index contributed by atoms with van der Waals surface area (Å²) in [6.45, 7) is 0. The minimum Gasteiger partial charge on any atom is -0.396 e. The Morgan fingerprint density at radius 3 is 2.44 bits per heavy atom. The van der Waals surface area contributed by atoms with Crippen molar-refractivity contribution in [1.82, 2.24) is 9.97 Å². The van der Waals surface area contributed by atoms with Crippen LogP contribution in [-0.4, -0.2) is 9.97 Å². The second-order valence-corrected chi connectivity index (χ2v) is 4.20. The standard InChI is InChI=1S/C13H13N3/c14-10-7-15-13(16-8-10)12-4-2-1-3-11(12)9-5-6-9/h1-4,7-9H,5-6,14H2. The molecule has 2 aromatic rings. The van der Waals surface area contributed by atoms with E-state index in [1.165, 1.54) is 18.4 Å². The van der Waals surface area contributed by atoms with E-state index < -0.39 is 0 Å². The van der Waals surface area contributed by atoms with Crippen LogP contribution in [0.1, 0.15) is 24.3 Å². The van der Waals surface area contributed by atoms with Crippen molar-refractivity contribution in [2.24, 2.45) is 0 Å². The Morgan fingerprint density at radius 1 is 1.06 bits per heavy atom. The van der Waals surface area contributed by atoms with Gasteiger partial charge in [0.05, 0.1) is 18.1 Å². The molecule has 1 aromatic carbocycles. The summed E-state index contributed by atoms with van der Waals surface area (Å²) >= 11 is 0. The molecule has 1 aliphatic carbocycles. The Labute approximate surface area is 94.4 Å². The lowest BCUT2D eigenvalue weighted by atomic mass is 10.0. The van der Waals surface area contributed by atoms with E-state index in [1.54, 1.807) is 12.4 Å². The largest absolute Gasteiger partial charge is 0.396 e. The Hall–Kier alpha value is -1.90. The van der Waals surface area contributed by atoms with Crippen LogP contribution in [0.15, 0.2) is 36.7 Å². The Morgan fingerprint density at radius 2 is 1.75 bits per heavy atom. The van der Waals surface area contributed by atoms with Crippen molar-refractivity contribution in [3.63, 3.8) is 0 Å². The molecule has 0 spiro atoms. The van der Waals surface area contributed by atoms with Gasteiger partial charge in [-0.1, -0.05) is 24.3 Å². The lowest BCUT2D eigenvalue weighted by Crippen LogP contribution is -1.95. The molecule has 3 rings (SSSR count). The number of hydrogen-bond acceptors (Lipinski definition) is 3. The first-order chi connectivity index (χ1) is 7.84. The van der Waals surface area contributed by atoms with Crippen molar-refractivity contribution in [1.29, 1.82) is 0 Å². The molecule has 80 valence electrons. The number of nitrogen functional groups attached to an aromatic ring is 1. The number of aromatic nitrogens is 2. The maximum atomic E-state index is 5.59. The van der Waals surface area contributed by atoms with Crippen molar-refractivity contribution in [2.75, 3.05) is 5.73 Å². The van der Waals surface area contributed by atoms with Gasteiger partial charge < -0.3 is 5.73 Å². The quantitative estimate of drug-likeness (QED) is 0.830. The van der Waals surface area contributed by atoms with Gasteiger partial charge in [-0.05, 0) is 24.3 Å². The summed E-state index contributed by atoms with van der Waals surface area (Å²) in [7, 11) is 0. The van der Waals surface area contributed by atoms with E-state index >= 15 is 0 Å². The fraction of sp³-hybridized carbons (Fsp3) is 0.231. The first-order valence-electron chi connectivity index (χ1n) is 5.51. The van der Waals surface area contributed by atoms with Crippen LogP contribution in [0.3, 0.4) is 0 Å². The van der Waals surface area contributed by atoms with E-state index in [1.807, 2.05) is 6.07 Å². The second kappa shape index (κ2) is 3.59. The minimum absolute atomic E-state index is 0.604. The molecule has 3 heteroatoms. The summed E-state index contributed by atoms with van der Waals surface area (Å²) in [5, 5.41) is 0. The van der Waals surface area contributed by atoms with Crippen molar-refractivity contribution in [3.05, 3.63) is 42.2 Å². The van der Waals surface area contributed by atoms with E-state index in [0.29, 0.717) is 11.6 Å². The number of benzene rings is 1. The summed E-state index contributed by atoms with van der Waals surface area (Å²) in [6, 6.07) is 8.36. The van der Waals surface area contributed by atoms with Crippen LogP contribution in [0.2, 0.25) is 0 Å². The number of nitrogens with zero attached hydrogens (tertiary/aromatic N) is 2. The van der Waals surface area contributed by atoms with Gasteiger partial charge in [-0.3, -0.25) is 0 Å². The summed E-state index contributed by atoms with van der Waals surface area (Å²) in [5.41, 5.74) is 8.71. The lowest BCUT2D eigenvalue weighted by molar-refractivity contribution is 1.10. The monoisotopic (exact) mass is 211 g/mol. The van der Waals surface area contributed by atoms with Gasteiger partial charge >= 0.3 is 0 Å². The molecule has 1 heterocycles. The summed E-state index contributed by atoms with van der Waals surface area (Å²) in [4.78, 5) is 8.57. The number of nitrogens with two attached hydrogens (primary N) is 1. The van der Waals surface area contributed by atoms with Crippen molar-refractivity contribution in [2.45, 2.75) is 18.8 Å². The Bertz CT molecular complexity index is 501. The van der Waals surface area contributed by atoms with Gasteiger partial charge in [-0.15, -0.1) is 0 Å². The molecule has 16 heavy (non-hydrogen) atoms. The molecule has 2 N–H and O–H groups in total. The second-order valence-electron chi connectivity index (χ2n) is 4.20. The zero-order valence-electron chi connectivity index (χ0n) is 8.93. The third kappa shape index (κ3) is 1.65. The molecule has 3 nitrogen and oxygen atoms in total. The van der Waals surface area contributed by atoms with Gasteiger partial charge in [0.25, 0.3) is 0 Å². The van der Waals surface area contributed by atoms with Gasteiger partial charge in [-0.25, -0.2) is 9.97 Å². The van der Waals surface area contributed by atoms with E-state index in [-0.39, 0.29) is 0 Å². The highest BCUT2D eigenvalue weighted by Crippen LogP contribution is 2.43. The molecule has 1 aliphatic rings. The molecule has 1 aromatic heterocycles. The van der Waals surface area contributed by atoms with Gasteiger partial charge in [0.15, 0.2) is 5.82 Å². The van der Waals surface area contributed by atoms with Gasteiger partial charge in [0, 0.05) is 5.56 Å². The molecule has 1 saturated carbocycles. The predicted octanol–water partition coefficient (Wildman–Crippen LogP) is 2.60. The zero-order chi connectivity index (χ0) is 11.0. The minimum atomic E-state index is 0.604. The van der Waals surface area contributed by atoms with Crippen LogP contribution >= 0.6 is 0 Å². The van der Waals surface area contributed by atoms with Crippen molar-refractivity contribution >= 4 is 5.69 Å².